The predicted molar refractivity (Wildman–Crippen MR) is 48.1 cm³/mol. The fourth-order valence-corrected chi connectivity index (χ4v) is 1.08. The van der Waals surface area contributed by atoms with Gasteiger partial charge in [-0.15, -0.1) is 0 Å². The number of carbonyl (C=O) groups excluding carboxylic acids is 1. The molecule has 0 aliphatic carbocycles. The first kappa shape index (κ1) is 10.6. The Bertz CT molecular complexity index is 319. The summed E-state index contributed by atoms with van der Waals surface area (Å²) in [4.78, 5) is 11.2. The first-order valence-corrected chi connectivity index (χ1v) is 4.33. The van der Waals surface area contributed by atoms with Gasteiger partial charge >= 0.3 is 11.9 Å². The Hall–Kier alpha value is -1.52. The Kier molecular flexibility index (Phi) is 3.50. The van der Waals surface area contributed by atoms with E-state index >= 15 is 0 Å². The Morgan fingerprint density at radius 2 is 2.29 bits per heavy atom. The zero-order valence-electron chi connectivity index (χ0n) is 8.49. The maximum atomic E-state index is 11.2. The molecule has 14 heavy (non-hydrogen) atoms. The van der Waals surface area contributed by atoms with Crippen LogP contribution in [0.5, 0.6) is 5.95 Å². The zero-order valence-corrected chi connectivity index (χ0v) is 8.49. The molecule has 0 spiro atoms. The van der Waals surface area contributed by atoms with Crippen LogP contribution in [-0.2, 0) is 16.0 Å². The Balaban J connectivity index is 2.74. The van der Waals surface area contributed by atoms with Crippen LogP contribution >= 0.6 is 0 Å². The topological polar surface area (TPSA) is 61.6 Å². The summed E-state index contributed by atoms with van der Waals surface area (Å²) in [6, 6.07) is 0. The number of ether oxygens (including phenoxy) is 2. The highest BCUT2D eigenvalue weighted by Gasteiger charge is 2.17. The normalized spacial score (nSPS) is 9.93. The minimum atomic E-state index is -0.308. The third kappa shape index (κ3) is 2.25. The van der Waals surface area contributed by atoms with Gasteiger partial charge < -0.3 is 14.0 Å². The first-order valence-electron chi connectivity index (χ1n) is 4.33. The number of esters is 1. The molecule has 1 aromatic rings. The van der Waals surface area contributed by atoms with Gasteiger partial charge in [-0.05, 0) is 13.8 Å². The van der Waals surface area contributed by atoms with Crippen molar-refractivity contribution >= 4 is 5.97 Å². The smallest absolute Gasteiger partial charge is 0.314 e. The van der Waals surface area contributed by atoms with Crippen molar-refractivity contribution in [2.24, 2.45) is 0 Å². The van der Waals surface area contributed by atoms with E-state index in [9.17, 15) is 4.79 Å². The molecule has 0 saturated carbocycles. The van der Waals surface area contributed by atoms with Crippen molar-refractivity contribution in [3.05, 3.63) is 11.3 Å². The average molecular weight is 199 g/mol. The fourth-order valence-electron chi connectivity index (χ4n) is 1.08. The highest BCUT2D eigenvalue weighted by Crippen LogP contribution is 2.21. The molecule has 5 heteroatoms. The van der Waals surface area contributed by atoms with Crippen molar-refractivity contribution in [1.29, 1.82) is 0 Å². The van der Waals surface area contributed by atoms with Gasteiger partial charge in [0.15, 0.2) is 0 Å². The lowest BCUT2D eigenvalue weighted by atomic mass is 10.2. The van der Waals surface area contributed by atoms with Crippen molar-refractivity contribution in [1.82, 2.24) is 5.16 Å². The van der Waals surface area contributed by atoms with Gasteiger partial charge in [0.25, 0.3) is 0 Å². The molecule has 0 N–H and O–H groups in total. The second kappa shape index (κ2) is 4.64. The highest BCUT2D eigenvalue weighted by molar-refractivity contribution is 5.73. The molecule has 0 unspecified atom stereocenters. The molecule has 0 saturated heterocycles. The molecule has 78 valence electrons. The predicted octanol–water partition coefficient (Wildman–Crippen LogP) is 1.10. The maximum Gasteiger partial charge on any atom is 0.314 e. The van der Waals surface area contributed by atoms with E-state index in [1.165, 1.54) is 7.11 Å². The number of aromatic nitrogens is 1. The Labute approximate surface area is 82.0 Å². The Morgan fingerprint density at radius 1 is 1.57 bits per heavy atom. The van der Waals surface area contributed by atoms with E-state index in [0.29, 0.717) is 17.9 Å². The van der Waals surface area contributed by atoms with Crippen molar-refractivity contribution in [3.8, 4) is 5.95 Å². The number of hydrogen-bond donors (Lipinski definition) is 0. The highest BCUT2D eigenvalue weighted by atomic mass is 16.6. The van der Waals surface area contributed by atoms with Crippen LogP contribution < -0.4 is 4.74 Å². The third-order valence-electron chi connectivity index (χ3n) is 1.76. The van der Waals surface area contributed by atoms with Crippen molar-refractivity contribution in [2.75, 3.05) is 13.7 Å². The van der Waals surface area contributed by atoms with E-state index in [-0.39, 0.29) is 18.3 Å². The summed E-state index contributed by atoms with van der Waals surface area (Å²) in [6.45, 7) is 3.88. The summed E-state index contributed by atoms with van der Waals surface area (Å²) in [5.74, 6) is -0.0346. The molecule has 5 nitrogen and oxygen atoms in total. The van der Waals surface area contributed by atoms with Gasteiger partial charge in [-0.2, -0.15) is 0 Å². The fraction of sp³-hybridized carbons (Fsp3) is 0.556. The van der Waals surface area contributed by atoms with E-state index in [2.05, 4.69) is 5.16 Å². The van der Waals surface area contributed by atoms with Gasteiger partial charge in [0, 0.05) is 0 Å². The second-order valence-electron chi connectivity index (χ2n) is 2.72. The Morgan fingerprint density at radius 3 is 2.86 bits per heavy atom. The first-order chi connectivity index (χ1) is 6.69. The van der Waals surface area contributed by atoms with Gasteiger partial charge in [-0.3, -0.25) is 4.79 Å². The summed E-state index contributed by atoms with van der Waals surface area (Å²) >= 11 is 0. The van der Waals surface area contributed by atoms with Crippen molar-refractivity contribution in [3.63, 3.8) is 0 Å². The van der Waals surface area contributed by atoms with E-state index < -0.39 is 0 Å². The lowest BCUT2D eigenvalue weighted by molar-refractivity contribution is -0.142. The van der Waals surface area contributed by atoms with Crippen LogP contribution in [0.1, 0.15) is 18.2 Å². The SMILES string of the molecule is CCOC(=O)Cc1c(C)noc1OC. The molecule has 0 amide bonds. The molecule has 0 fully saturated rings. The quantitative estimate of drug-likeness (QED) is 0.679. The van der Waals surface area contributed by atoms with Gasteiger partial charge in [0.1, 0.15) is 0 Å². The van der Waals surface area contributed by atoms with E-state index in [1.807, 2.05) is 0 Å². The third-order valence-corrected chi connectivity index (χ3v) is 1.76. The van der Waals surface area contributed by atoms with Crippen LogP contribution in [0.4, 0.5) is 0 Å². The lowest BCUT2D eigenvalue weighted by Crippen LogP contribution is -2.08. The molecule has 1 heterocycles. The van der Waals surface area contributed by atoms with Crippen LogP contribution in [0.3, 0.4) is 0 Å². The second-order valence-corrected chi connectivity index (χ2v) is 2.72. The zero-order chi connectivity index (χ0) is 10.6. The van der Waals surface area contributed by atoms with Crippen LogP contribution in [0.2, 0.25) is 0 Å². The van der Waals surface area contributed by atoms with Crippen molar-refractivity contribution < 1.29 is 18.8 Å². The molecule has 0 radical (unpaired) electrons. The number of hydrogen-bond acceptors (Lipinski definition) is 5. The lowest BCUT2D eigenvalue weighted by Gasteiger charge is -2.01. The van der Waals surface area contributed by atoms with Crippen LogP contribution in [-0.4, -0.2) is 24.8 Å². The number of rotatable bonds is 4. The molecular weight excluding hydrogens is 186 g/mol. The summed E-state index contributed by atoms with van der Waals surface area (Å²) < 4.78 is 14.6. The van der Waals surface area contributed by atoms with Crippen LogP contribution in [0.25, 0.3) is 0 Å². The maximum absolute atomic E-state index is 11.2. The number of nitrogens with zero attached hydrogens (tertiary/aromatic N) is 1. The van der Waals surface area contributed by atoms with E-state index in [1.54, 1.807) is 13.8 Å². The molecular formula is C9H13NO4. The molecule has 0 atom stereocenters. The minimum absolute atomic E-state index is 0.131. The van der Waals surface area contributed by atoms with Crippen LogP contribution in [0, 0.1) is 6.92 Å². The standard InChI is InChI=1S/C9H13NO4/c1-4-13-8(11)5-7-6(2)10-14-9(7)12-3/h4-5H2,1-3H3. The van der Waals surface area contributed by atoms with E-state index in [0.717, 1.165) is 0 Å². The number of aryl methyl sites for hydroxylation is 1. The molecule has 0 aromatic carbocycles. The van der Waals surface area contributed by atoms with Gasteiger partial charge in [-0.1, -0.05) is 5.16 Å². The number of methoxy groups -OCH3 is 1. The van der Waals surface area contributed by atoms with Crippen molar-refractivity contribution in [2.45, 2.75) is 20.3 Å². The summed E-state index contributed by atoms with van der Waals surface area (Å²) in [6.07, 6.45) is 0.131. The van der Waals surface area contributed by atoms with Gasteiger partial charge in [0.05, 0.1) is 31.4 Å². The largest absolute Gasteiger partial charge is 0.467 e. The van der Waals surface area contributed by atoms with Gasteiger partial charge in [0.2, 0.25) is 0 Å². The monoisotopic (exact) mass is 199 g/mol. The van der Waals surface area contributed by atoms with E-state index in [4.69, 9.17) is 14.0 Å². The minimum Gasteiger partial charge on any atom is -0.467 e. The summed E-state index contributed by atoms with van der Waals surface area (Å²) in [7, 11) is 1.47. The van der Waals surface area contributed by atoms with Gasteiger partial charge in [-0.25, -0.2) is 0 Å². The molecule has 1 aromatic heterocycles. The molecule has 1 rings (SSSR count). The summed E-state index contributed by atoms with van der Waals surface area (Å²) in [5.41, 5.74) is 1.29. The number of carbonyl (C=O) groups is 1. The summed E-state index contributed by atoms with van der Waals surface area (Å²) in [5, 5.41) is 3.69. The average Bonchev–Trinajstić information content (AvgIpc) is 2.48. The molecule has 0 aliphatic heterocycles. The molecule has 0 bridgehead atoms. The molecule has 0 aliphatic rings. The van der Waals surface area contributed by atoms with Crippen LogP contribution in [0.15, 0.2) is 4.52 Å².